The Morgan fingerprint density at radius 3 is 2.55 bits per heavy atom. The number of nitrogens with one attached hydrogen (secondary N) is 3. The second-order valence-electron chi connectivity index (χ2n) is 12.9. The molecule has 2 amide bonds. The van der Waals surface area contributed by atoms with Gasteiger partial charge in [0, 0.05) is 92.8 Å². The van der Waals surface area contributed by atoms with Crippen molar-refractivity contribution in [2.24, 2.45) is 0 Å². The summed E-state index contributed by atoms with van der Waals surface area (Å²) in [4.78, 5) is 40.8. The number of amides is 2. The zero-order valence-electron chi connectivity index (χ0n) is 28.8. The quantitative estimate of drug-likeness (QED) is 0.156. The van der Waals surface area contributed by atoms with E-state index in [9.17, 15) is 9.59 Å². The number of carbonyl (C=O) groups excluding carboxylic acids is 2. The summed E-state index contributed by atoms with van der Waals surface area (Å²) in [5, 5.41) is 10.1. The van der Waals surface area contributed by atoms with Gasteiger partial charge in [0.1, 0.15) is 0 Å². The molecule has 2 fully saturated rings. The number of piperidine rings is 1. The topological polar surface area (TPSA) is 125 Å². The van der Waals surface area contributed by atoms with E-state index in [1.165, 1.54) is 0 Å². The standard InChI is InChI=1S/C37H41Cl2FN8O3/c1-22(49)48-17-13-26(14-18-48)47(2)21-24-11-15-43-36(34(24)40)45-30-6-4-5-28(32(30)38)35-33(39)27(12-16-42-35)29-9-7-23(37(46-29)51-3)19-41-20-25-8-10-31(50)44-25/h4-7,9,11-12,15-16,25-26,41H,8,10,13-14,17-21H2,1-3H3,(H,43,45)(H,44,50). The number of carbonyl (C=O) groups is 2. The summed E-state index contributed by atoms with van der Waals surface area (Å²) in [6.45, 7) is 4.55. The molecular formula is C37H41Cl2FN8O3. The molecule has 268 valence electrons. The monoisotopic (exact) mass is 734 g/mol. The van der Waals surface area contributed by atoms with Crippen LogP contribution in [0.4, 0.5) is 15.9 Å². The Labute approximate surface area is 306 Å². The van der Waals surface area contributed by atoms with E-state index in [0.717, 1.165) is 24.8 Å². The van der Waals surface area contributed by atoms with Gasteiger partial charge < -0.3 is 25.6 Å². The first kappa shape index (κ1) is 36.4. The number of ether oxygens (including phenoxy) is 1. The normalized spacial score (nSPS) is 16.4. The average molecular weight is 736 g/mol. The fourth-order valence-corrected chi connectivity index (χ4v) is 7.20. The molecule has 0 saturated carbocycles. The Kier molecular flexibility index (Phi) is 11.7. The fourth-order valence-electron chi connectivity index (χ4n) is 6.62. The second kappa shape index (κ2) is 16.3. The lowest BCUT2D eigenvalue weighted by molar-refractivity contribution is -0.130. The van der Waals surface area contributed by atoms with Crippen LogP contribution in [0.15, 0.2) is 54.9 Å². The van der Waals surface area contributed by atoms with Crippen molar-refractivity contribution in [2.45, 2.75) is 57.8 Å². The fraction of sp³-hybridized carbons (Fsp3) is 0.378. The van der Waals surface area contributed by atoms with Gasteiger partial charge in [0.15, 0.2) is 11.6 Å². The summed E-state index contributed by atoms with van der Waals surface area (Å²) in [7, 11) is 3.54. The molecule has 1 aromatic carbocycles. The zero-order chi connectivity index (χ0) is 36.1. The van der Waals surface area contributed by atoms with Gasteiger partial charge in [-0.3, -0.25) is 19.5 Å². The first-order chi connectivity index (χ1) is 24.6. The molecule has 1 unspecified atom stereocenters. The molecule has 51 heavy (non-hydrogen) atoms. The lowest BCUT2D eigenvalue weighted by Crippen LogP contribution is -2.44. The van der Waals surface area contributed by atoms with Crippen molar-refractivity contribution in [1.82, 2.24) is 35.4 Å². The third-order valence-electron chi connectivity index (χ3n) is 9.52. The molecule has 2 aliphatic rings. The number of hydrogen-bond acceptors (Lipinski definition) is 9. The molecule has 3 aromatic heterocycles. The summed E-state index contributed by atoms with van der Waals surface area (Å²) < 4.78 is 21.5. The van der Waals surface area contributed by atoms with Crippen molar-refractivity contribution in [2.75, 3.05) is 39.1 Å². The number of methoxy groups -OCH3 is 1. The van der Waals surface area contributed by atoms with Crippen molar-refractivity contribution >= 4 is 46.5 Å². The van der Waals surface area contributed by atoms with Crippen molar-refractivity contribution in [1.29, 1.82) is 0 Å². The minimum atomic E-state index is -0.464. The van der Waals surface area contributed by atoms with Crippen molar-refractivity contribution in [3.63, 3.8) is 0 Å². The SMILES string of the molecule is COc1nc(-c2ccnc(-c3cccc(Nc4nccc(CN(C)C5CCN(C(C)=O)CC5)c4F)c3Cl)c2Cl)ccc1CNCC1CCC(=O)N1. The maximum Gasteiger partial charge on any atom is 0.220 e. The van der Waals surface area contributed by atoms with Crippen LogP contribution in [0.25, 0.3) is 22.5 Å². The minimum absolute atomic E-state index is 0.0537. The molecule has 2 aliphatic heterocycles. The predicted octanol–water partition coefficient (Wildman–Crippen LogP) is 6.21. The third-order valence-corrected chi connectivity index (χ3v) is 10.3. The van der Waals surface area contributed by atoms with Crippen molar-refractivity contribution < 1.29 is 18.7 Å². The largest absolute Gasteiger partial charge is 0.481 e. The number of likely N-dealkylation sites (tertiary alicyclic amines) is 1. The molecule has 11 nitrogen and oxygen atoms in total. The molecule has 5 heterocycles. The predicted molar refractivity (Wildman–Crippen MR) is 197 cm³/mol. The van der Waals surface area contributed by atoms with Crippen LogP contribution in [0.3, 0.4) is 0 Å². The van der Waals surface area contributed by atoms with Crippen LogP contribution in [0.2, 0.25) is 10.0 Å². The van der Waals surface area contributed by atoms with E-state index in [1.807, 2.05) is 24.1 Å². The van der Waals surface area contributed by atoms with Gasteiger partial charge in [-0.1, -0.05) is 41.4 Å². The van der Waals surface area contributed by atoms with Crippen LogP contribution in [0.5, 0.6) is 5.88 Å². The van der Waals surface area contributed by atoms with Gasteiger partial charge >= 0.3 is 0 Å². The third kappa shape index (κ3) is 8.41. The maximum atomic E-state index is 15.8. The molecular weight excluding hydrogens is 694 g/mol. The van der Waals surface area contributed by atoms with Crippen LogP contribution >= 0.6 is 23.2 Å². The molecule has 14 heteroatoms. The molecule has 4 aromatic rings. The molecule has 0 spiro atoms. The Morgan fingerprint density at radius 2 is 1.82 bits per heavy atom. The molecule has 0 aliphatic carbocycles. The summed E-state index contributed by atoms with van der Waals surface area (Å²) in [6, 6.07) is 12.9. The Balaban J connectivity index is 1.17. The smallest absolute Gasteiger partial charge is 0.220 e. The van der Waals surface area contributed by atoms with Crippen LogP contribution in [0.1, 0.15) is 43.7 Å². The highest BCUT2D eigenvalue weighted by Gasteiger charge is 2.25. The Bertz CT molecular complexity index is 1910. The molecule has 2 saturated heterocycles. The second-order valence-corrected chi connectivity index (χ2v) is 13.7. The number of anilines is 2. The Morgan fingerprint density at radius 1 is 1.04 bits per heavy atom. The maximum absolute atomic E-state index is 15.8. The van der Waals surface area contributed by atoms with Crippen LogP contribution < -0.4 is 20.7 Å². The van der Waals surface area contributed by atoms with Gasteiger partial charge in [-0.25, -0.2) is 14.4 Å². The molecule has 1 atom stereocenters. The van der Waals surface area contributed by atoms with E-state index in [-0.39, 0.29) is 29.7 Å². The van der Waals surface area contributed by atoms with E-state index in [2.05, 4.69) is 30.8 Å². The van der Waals surface area contributed by atoms with Gasteiger partial charge in [0.05, 0.1) is 34.2 Å². The number of halogens is 3. The van der Waals surface area contributed by atoms with Gasteiger partial charge in [-0.15, -0.1) is 0 Å². The van der Waals surface area contributed by atoms with E-state index in [4.69, 9.17) is 32.9 Å². The first-order valence-electron chi connectivity index (χ1n) is 17.0. The summed E-state index contributed by atoms with van der Waals surface area (Å²) in [6.07, 6.45) is 6.25. The number of nitrogens with zero attached hydrogens (tertiary/aromatic N) is 5. The average Bonchev–Trinajstić information content (AvgIpc) is 3.55. The highest BCUT2D eigenvalue weighted by molar-refractivity contribution is 6.39. The minimum Gasteiger partial charge on any atom is -0.481 e. The van der Waals surface area contributed by atoms with Crippen LogP contribution in [0, 0.1) is 5.82 Å². The van der Waals surface area contributed by atoms with Gasteiger partial charge in [-0.2, -0.15) is 0 Å². The zero-order valence-corrected chi connectivity index (χ0v) is 30.3. The summed E-state index contributed by atoms with van der Waals surface area (Å²) >= 11 is 13.9. The molecule has 6 rings (SSSR count). The van der Waals surface area contributed by atoms with E-state index >= 15 is 4.39 Å². The lowest BCUT2D eigenvalue weighted by Gasteiger charge is -2.36. The molecule has 3 N–H and O–H groups in total. The number of pyridine rings is 3. The van der Waals surface area contributed by atoms with Crippen molar-refractivity contribution in [3.8, 4) is 28.4 Å². The van der Waals surface area contributed by atoms with Gasteiger partial charge in [0.2, 0.25) is 17.7 Å². The number of rotatable bonds is 12. The van der Waals surface area contributed by atoms with E-state index in [0.29, 0.717) is 88.8 Å². The van der Waals surface area contributed by atoms with Gasteiger partial charge in [0.25, 0.3) is 0 Å². The summed E-state index contributed by atoms with van der Waals surface area (Å²) in [5.41, 5.74) is 4.03. The highest BCUT2D eigenvalue weighted by Crippen LogP contribution is 2.41. The number of hydrogen-bond donors (Lipinski definition) is 3. The first-order valence-corrected chi connectivity index (χ1v) is 17.7. The van der Waals surface area contributed by atoms with Crippen molar-refractivity contribution in [3.05, 3.63) is 81.8 Å². The Hall–Kier alpha value is -4.36. The highest BCUT2D eigenvalue weighted by atomic mass is 35.5. The van der Waals surface area contributed by atoms with E-state index < -0.39 is 5.82 Å². The summed E-state index contributed by atoms with van der Waals surface area (Å²) in [5.74, 6) is 0.211. The van der Waals surface area contributed by atoms with Gasteiger partial charge in [-0.05, 0) is 50.6 Å². The van der Waals surface area contributed by atoms with Crippen LogP contribution in [-0.4, -0.2) is 82.4 Å². The molecule has 0 radical (unpaired) electrons. The van der Waals surface area contributed by atoms with Crippen LogP contribution in [-0.2, 0) is 22.7 Å². The number of aromatic nitrogens is 3. The van der Waals surface area contributed by atoms with E-state index in [1.54, 1.807) is 56.8 Å². The number of benzene rings is 1. The lowest BCUT2D eigenvalue weighted by atomic mass is 10.0. The molecule has 0 bridgehead atoms.